The molecule has 1 aliphatic heterocycles. The minimum atomic E-state index is 0.151. The van der Waals surface area contributed by atoms with Gasteiger partial charge in [-0.05, 0) is 25.3 Å². The van der Waals surface area contributed by atoms with Crippen LogP contribution in [0.5, 0.6) is 0 Å². The fourth-order valence-corrected chi connectivity index (χ4v) is 2.26. The number of carbonyl (C=O) groups excluding carboxylic acids is 1. The van der Waals surface area contributed by atoms with Crippen LogP contribution in [0.15, 0.2) is 18.5 Å². The molecule has 1 fully saturated rings. The maximum Gasteiger partial charge on any atom is 0.225 e. The second-order valence-corrected chi connectivity index (χ2v) is 4.65. The Hall–Kier alpha value is -1.65. The number of hydrogen-bond acceptors (Lipinski definition) is 4. The molecule has 5 heteroatoms. The molecule has 1 unspecified atom stereocenters. The number of hydrogen-bond donors (Lipinski definition) is 1. The second kappa shape index (κ2) is 6.33. The van der Waals surface area contributed by atoms with Crippen LogP contribution in [0.25, 0.3) is 0 Å². The summed E-state index contributed by atoms with van der Waals surface area (Å²) < 4.78 is 0. The Labute approximate surface area is 108 Å². The fraction of sp³-hybridized carbons (Fsp3) is 0.615. The van der Waals surface area contributed by atoms with Gasteiger partial charge in [-0.1, -0.05) is 6.92 Å². The monoisotopic (exact) mass is 248 g/mol. The van der Waals surface area contributed by atoms with E-state index in [9.17, 15) is 4.79 Å². The smallest absolute Gasteiger partial charge is 0.225 e. The van der Waals surface area contributed by atoms with Crippen LogP contribution in [-0.4, -0.2) is 35.0 Å². The third kappa shape index (κ3) is 3.42. The minimum Gasteiger partial charge on any atom is -0.352 e. The van der Waals surface area contributed by atoms with Crippen LogP contribution in [0.2, 0.25) is 0 Å². The highest BCUT2D eigenvalue weighted by molar-refractivity contribution is 5.76. The lowest BCUT2D eigenvalue weighted by atomic mass is 10.1. The first-order chi connectivity index (χ1) is 8.79. The van der Waals surface area contributed by atoms with Crippen LogP contribution in [-0.2, 0) is 4.79 Å². The van der Waals surface area contributed by atoms with E-state index in [1.807, 2.05) is 13.0 Å². The molecule has 1 atom stereocenters. The van der Waals surface area contributed by atoms with Crippen molar-refractivity contribution >= 4 is 11.9 Å². The highest BCUT2D eigenvalue weighted by atomic mass is 16.1. The molecule has 1 amide bonds. The van der Waals surface area contributed by atoms with Crippen molar-refractivity contribution in [2.45, 2.75) is 38.6 Å². The van der Waals surface area contributed by atoms with E-state index in [0.717, 1.165) is 38.3 Å². The summed E-state index contributed by atoms with van der Waals surface area (Å²) in [6.45, 7) is 3.79. The molecule has 1 aromatic heterocycles. The van der Waals surface area contributed by atoms with Gasteiger partial charge in [0.25, 0.3) is 0 Å². The molecule has 0 bridgehead atoms. The molecule has 0 radical (unpaired) electrons. The number of piperidine rings is 1. The van der Waals surface area contributed by atoms with E-state index in [1.54, 1.807) is 12.4 Å². The maximum atomic E-state index is 11.6. The first-order valence-corrected chi connectivity index (χ1v) is 6.61. The van der Waals surface area contributed by atoms with E-state index in [4.69, 9.17) is 0 Å². The standard InChI is InChI=1S/C13H20N4O/c1-2-5-12(18)16-11-6-3-9-17(10-11)13-14-7-4-8-15-13/h4,7-8,11H,2-3,5-6,9-10H2,1H3,(H,16,18). The lowest BCUT2D eigenvalue weighted by Crippen LogP contribution is -2.48. The molecule has 1 aliphatic rings. The molecule has 1 N–H and O–H groups in total. The molecule has 1 saturated heterocycles. The number of nitrogens with one attached hydrogen (secondary N) is 1. The molecule has 2 rings (SSSR count). The van der Waals surface area contributed by atoms with Crippen LogP contribution in [0.1, 0.15) is 32.6 Å². The number of nitrogens with zero attached hydrogens (tertiary/aromatic N) is 3. The number of carbonyl (C=O) groups is 1. The van der Waals surface area contributed by atoms with Gasteiger partial charge in [-0.3, -0.25) is 4.79 Å². The highest BCUT2D eigenvalue weighted by Crippen LogP contribution is 2.15. The minimum absolute atomic E-state index is 0.151. The van der Waals surface area contributed by atoms with Gasteiger partial charge < -0.3 is 10.2 Å². The molecule has 98 valence electrons. The zero-order chi connectivity index (χ0) is 12.8. The van der Waals surface area contributed by atoms with E-state index in [2.05, 4.69) is 20.2 Å². The van der Waals surface area contributed by atoms with Gasteiger partial charge in [0.15, 0.2) is 0 Å². The molecule has 0 saturated carbocycles. The lowest BCUT2D eigenvalue weighted by molar-refractivity contribution is -0.121. The summed E-state index contributed by atoms with van der Waals surface area (Å²) in [5.41, 5.74) is 0. The number of anilines is 1. The first-order valence-electron chi connectivity index (χ1n) is 6.61. The Morgan fingerprint density at radius 2 is 2.28 bits per heavy atom. The van der Waals surface area contributed by atoms with Crippen molar-refractivity contribution in [3.63, 3.8) is 0 Å². The molecule has 0 aliphatic carbocycles. The summed E-state index contributed by atoms with van der Waals surface area (Å²) >= 11 is 0. The molecule has 18 heavy (non-hydrogen) atoms. The molecular weight excluding hydrogens is 228 g/mol. The zero-order valence-corrected chi connectivity index (χ0v) is 10.8. The van der Waals surface area contributed by atoms with E-state index >= 15 is 0 Å². The van der Waals surface area contributed by atoms with E-state index in [1.165, 1.54) is 0 Å². The van der Waals surface area contributed by atoms with Gasteiger partial charge >= 0.3 is 0 Å². The van der Waals surface area contributed by atoms with Gasteiger partial charge in [0.05, 0.1) is 0 Å². The predicted octanol–water partition coefficient (Wildman–Crippen LogP) is 1.36. The Balaban J connectivity index is 1.91. The highest BCUT2D eigenvalue weighted by Gasteiger charge is 2.22. The van der Waals surface area contributed by atoms with Crippen LogP contribution >= 0.6 is 0 Å². The van der Waals surface area contributed by atoms with Gasteiger partial charge in [0.1, 0.15) is 0 Å². The normalized spacial score (nSPS) is 19.6. The van der Waals surface area contributed by atoms with Crippen molar-refractivity contribution in [2.75, 3.05) is 18.0 Å². The Kier molecular flexibility index (Phi) is 4.50. The molecular formula is C13H20N4O. The number of rotatable bonds is 4. The maximum absolute atomic E-state index is 11.6. The summed E-state index contributed by atoms with van der Waals surface area (Å²) in [6, 6.07) is 2.04. The largest absolute Gasteiger partial charge is 0.352 e. The molecule has 5 nitrogen and oxygen atoms in total. The summed E-state index contributed by atoms with van der Waals surface area (Å²) in [5, 5.41) is 3.08. The van der Waals surface area contributed by atoms with Crippen LogP contribution in [0, 0.1) is 0 Å². The second-order valence-electron chi connectivity index (χ2n) is 4.65. The Morgan fingerprint density at radius 3 is 3.00 bits per heavy atom. The summed E-state index contributed by atoms with van der Waals surface area (Å²) in [6.07, 6.45) is 7.11. The van der Waals surface area contributed by atoms with Crippen molar-refractivity contribution in [1.29, 1.82) is 0 Å². The van der Waals surface area contributed by atoms with Gasteiger partial charge in [0, 0.05) is 37.9 Å². The van der Waals surface area contributed by atoms with Crippen molar-refractivity contribution in [3.05, 3.63) is 18.5 Å². The van der Waals surface area contributed by atoms with Gasteiger partial charge in [-0.2, -0.15) is 0 Å². The molecule has 0 aromatic carbocycles. The van der Waals surface area contributed by atoms with Crippen molar-refractivity contribution < 1.29 is 4.79 Å². The summed E-state index contributed by atoms with van der Waals surface area (Å²) in [4.78, 5) is 22.2. The molecule has 2 heterocycles. The lowest BCUT2D eigenvalue weighted by Gasteiger charge is -2.33. The van der Waals surface area contributed by atoms with Crippen molar-refractivity contribution in [1.82, 2.24) is 15.3 Å². The van der Waals surface area contributed by atoms with Gasteiger partial charge in [0.2, 0.25) is 11.9 Å². The third-order valence-corrected chi connectivity index (χ3v) is 3.10. The molecule has 0 spiro atoms. The summed E-state index contributed by atoms with van der Waals surface area (Å²) in [7, 11) is 0. The topological polar surface area (TPSA) is 58.1 Å². The predicted molar refractivity (Wildman–Crippen MR) is 70.3 cm³/mol. The van der Waals surface area contributed by atoms with Crippen LogP contribution in [0.3, 0.4) is 0 Å². The fourth-order valence-electron chi connectivity index (χ4n) is 2.26. The van der Waals surface area contributed by atoms with E-state index in [0.29, 0.717) is 6.42 Å². The molecule has 1 aromatic rings. The van der Waals surface area contributed by atoms with Crippen LogP contribution < -0.4 is 10.2 Å². The number of aromatic nitrogens is 2. The first kappa shape index (κ1) is 12.8. The Morgan fingerprint density at radius 1 is 1.50 bits per heavy atom. The quantitative estimate of drug-likeness (QED) is 0.874. The van der Waals surface area contributed by atoms with Gasteiger partial charge in [-0.25, -0.2) is 9.97 Å². The third-order valence-electron chi connectivity index (χ3n) is 3.10. The Bertz CT molecular complexity index is 382. The SMILES string of the molecule is CCCC(=O)NC1CCCN(c2ncccn2)C1. The summed E-state index contributed by atoms with van der Waals surface area (Å²) in [5.74, 6) is 0.908. The van der Waals surface area contributed by atoms with Crippen LogP contribution in [0.4, 0.5) is 5.95 Å². The van der Waals surface area contributed by atoms with E-state index in [-0.39, 0.29) is 11.9 Å². The van der Waals surface area contributed by atoms with E-state index < -0.39 is 0 Å². The average Bonchev–Trinajstić information content (AvgIpc) is 2.40. The number of amides is 1. The van der Waals surface area contributed by atoms with Gasteiger partial charge in [-0.15, -0.1) is 0 Å². The average molecular weight is 248 g/mol. The zero-order valence-electron chi connectivity index (χ0n) is 10.8. The van der Waals surface area contributed by atoms with Crippen molar-refractivity contribution in [3.8, 4) is 0 Å². The van der Waals surface area contributed by atoms with Crippen molar-refractivity contribution in [2.24, 2.45) is 0 Å².